The first-order valence-electron chi connectivity index (χ1n) is 4.29. The van der Waals surface area contributed by atoms with Crippen LogP contribution in [0.25, 0.3) is 5.65 Å². The van der Waals surface area contributed by atoms with Gasteiger partial charge in [-0.25, -0.2) is 4.98 Å². The molecular weight excluding hydrogens is 180 g/mol. The molecule has 0 saturated carbocycles. The van der Waals surface area contributed by atoms with Gasteiger partial charge in [0.1, 0.15) is 5.65 Å². The molecule has 0 bridgehead atoms. The van der Waals surface area contributed by atoms with Crippen LogP contribution in [0.2, 0.25) is 0 Å². The third kappa shape index (κ3) is 1.46. The summed E-state index contributed by atoms with van der Waals surface area (Å²) in [6.07, 6.45) is 3.80. The molecule has 0 aliphatic carbocycles. The van der Waals surface area contributed by atoms with Crippen LogP contribution < -0.4 is 0 Å². The van der Waals surface area contributed by atoms with Gasteiger partial charge in [-0.3, -0.25) is 4.79 Å². The van der Waals surface area contributed by atoms with Gasteiger partial charge in [0.25, 0.3) is 0 Å². The Bertz CT molecular complexity index is 462. The molecule has 2 aromatic heterocycles. The van der Waals surface area contributed by atoms with Crippen LogP contribution in [-0.2, 0) is 16.0 Å². The minimum absolute atomic E-state index is 0.244. The Morgan fingerprint density at radius 2 is 2.43 bits per heavy atom. The molecule has 0 aliphatic heterocycles. The maximum atomic E-state index is 11.1. The van der Waals surface area contributed by atoms with Crippen LogP contribution >= 0.6 is 0 Å². The number of hydrogen-bond acceptors (Lipinski definition) is 3. The van der Waals surface area contributed by atoms with E-state index in [-0.39, 0.29) is 12.4 Å². The van der Waals surface area contributed by atoms with Crippen LogP contribution in [0.5, 0.6) is 0 Å². The first kappa shape index (κ1) is 8.74. The second-order valence-electron chi connectivity index (χ2n) is 2.93. The quantitative estimate of drug-likeness (QED) is 0.665. The van der Waals surface area contributed by atoms with E-state index in [9.17, 15) is 4.79 Å². The standard InChI is InChI=1S/C10H10N2O2/c1-14-10(13)7-8-3-2-4-9-11-5-6-12(8)9/h2-6H,7H2,1H3. The lowest BCUT2D eigenvalue weighted by atomic mass is 10.2. The van der Waals surface area contributed by atoms with E-state index in [4.69, 9.17) is 0 Å². The first-order valence-corrected chi connectivity index (χ1v) is 4.29. The van der Waals surface area contributed by atoms with Crippen LogP contribution in [-0.4, -0.2) is 22.5 Å². The normalized spacial score (nSPS) is 10.4. The highest BCUT2D eigenvalue weighted by molar-refractivity contribution is 5.72. The number of pyridine rings is 1. The number of fused-ring (bicyclic) bond motifs is 1. The fraction of sp³-hybridized carbons (Fsp3) is 0.200. The minimum Gasteiger partial charge on any atom is -0.469 e. The SMILES string of the molecule is COC(=O)Cc1cccc2nccn12. The molecule has 0 aliphatic rings. The van der Waals surface area contributed by atoms with Crippen molar-refractivity contribution in [1.29, 1.82) is 0 Å². The van der Waals surface area contributed by atoms with Crippen molar-refractivity contribution >= 4 is 11.6 Å². The molecular formula is C10H10N2O2. The van der Waals surface area contributed by atoms with Crippen LogP contribution in [0, 0.1) is 0 Å². The molecule has 0 N–H and O–H groups in total. The zero-order chi connectivity index (χ0) is 9.97. The molecule has 2 aromatic rings. The molecule has 0 spiro atoms. The van der Waals surface area contributed by atoms with E-state index >= 15 is 0 Å². The summed E-state index contributed by atoms with van der Waals surface area (Å²) in [6.45, 7) is 0. The highest BCUT2D eigenvalue weighted by Crippen LogP contribution is 2.06. The molecule has 0 amide bonds. The Labute approximate surface area is 81.1 Å². The average Bonchev–Trinajstić information content (AvgIpc) is 2.66. The van der Waals surface area contributed by atoms with Crippen molar-refractivity contribution in [2.24, 2.45) is 0 Å². The van der Waals surface area contributed by atoms with E-state index in [0.29, 0.717) is 0 Å². The highest BCUT2D eigenvalue weighted by Gasteiger charge is 2.05. The lowest BCUT2D eigenvalue weighted by Crippen LogP contribution is -2.07. The molecule has 14 heavy (non-hydrogen) atoms. The zero-order valence-corrected chi connectivity index (χ0v) is 7.80. The van der Waals surface area contributed by atoms with E-state index < -0.39 is 0 Å². The molecule has 0 aromatic carbocycles. The number of rotatable bonds is 2. The molecule has 72 valence electrons. The lowest BCUT2D eigenvalue weighted by molar-refractivity contribution is -0.139. The van der Waals surface area contributed by atoms with Gasteiger partial charge in [-0.05, 0) is 12.1 Å². The molecule has 0 atom stereocenters. The predicted octanol–water partition coefficient (Wildman–Crippen LogP) is 1.05. The summed E-state index contributed by atoms with van der Waals surface area (Å²) in [7, 11) is 1.39. The summed E-state index contributed by atoms with van der Waals surface area (Å²) in [5.74, 6) is -0.244. The molecule has 2 rings (SSSR count). The number of imidazole rings is 1. The number of nitrogens with zero attached hydrogens (tertiary/aromatic N) is 2. The van der Waals surface area contributed by atoms with Crippen LogP contribution in [0.15, 0.2) is 30.6 Å². The van der Waals surface area contributed by atoms with Crippen LogP contribution in [0.1, 0.15) is 5.69 Å². The summed E-state index contributed by atoms with van der Waals surface area (Å²) >= 11 is 0. The number of esters is 1. The minimum atomic E-state index is -0.244. The number of carbonyl (C=O) groups excluding carboxylic acids is 1. The fourth-order valence-corrected chi connectivity index (χ4v) is 1.37. The van der Waals surface area contributed by atoms with E-state index in [0.717, 1.165) is 11.3 Å². The second kappa shape index (κ2) is 3.49. The van der Waals surface area contributed by atoms with Crippen LogP contribution in [0.3, 0.4) is 0 Å². The van der Waals surface area contributed by atoms with Gasteiger partial charge in [-0.15, -0.1) is 0 Å². The van der Waals surface area contributed by atoms with Gasteiger partial charge in [-0.1, -0.05) is 6.07 Å². The molecule has 0 saturated heterocycles. The van der Waals surface area contributed by atoms with Gasteiger partial charge >= 0.3 is 5.97 Å². The van der Waals surface area contributed by atoms with Crippen molar-refractivity contribution in [3.63, 3.8) is 0 Å². The number of carbonyl (C=O) groups is 1. The summed E-state index contributed by atoms with van der Waals surface area (Å²) in [5, 5.41) is 0. The maximum absolute atomic E-state index is 11.1. The smallest absolute Gasteiger partial charge is 0.311 e. The van der Waals surface area contributed by atoms with Gasteiger partial charge < -0.3 is 9.14 Å². The third-order valence-corrected chi connectivity index (χ3v) is 2.07. The first-order chi connectivity index (χ1) is 6.81. The van der Waals surface area contributed by atoms with Crippen molar-refractivity contribution in [3.8, 4) is 0 Å². The maximum Gasteiger partial charge on any atom is 0.311 e. The monoisotopic (exact) mass is 190 g/mol. The van der Waals surface area contributed by atoms with E-state index in [1.165, 1.54) is 7.11 Å². The average molecular weight is 190 g/mol. The summed E-state index contributed by atoms with van der Waals surface area (Å²) in [5.41, 5.74) is 1.72. The Hall–Kier alpha value is -1.84. The van der Waals surface area contributed by atoms with Gasteiger partial charge in [0.15, 0.2) is 0 Å². The molecule has 4 nitrogen and oxygen atoms in total. The Balaban J connectivity index is 2.41. The molecule has 0 unspecified atom stereocenters. The molecule has 0 fully saturated rings. The second-order valence-corrected chi connectivity index (χ2v) is 2.93. The van der Waals surface area contributed by atoms with E-state index in [2.05, 4.69) is 9.72 Å². The van der Waals surface area contributed by atoms with Crippen molar-refractivity contribution in [3.05, 3.63) is 36.3 Å². The summed E-state index contributed by atoms with van der Waals surface area (Å²) < 4.78 is 6.48. The lowest BCUT2D eigenvalue weighted by Gasteiger charge is -2.03. The van der Waals surface area contributed by atoms with Crippen molar-refractivity contribution in [2.45, 2.75) is 6.42 Å². The zero-order valence-electron chi connectivity index (χ0n) is 7.80. The molecule has 0 radical (unpaired) electrons. The largest absolute Gasteiger partial charge is 0.469 e. The van der Waals surface area contributed by atoms with Crippen molar-refractivity contribution < 1.29 is 9.53 Å². The summed E-state index contributed by atoms with van der Waals surface area (Å²) in [4.78, 5) is 15.2. The Kier molecular flexibility index (Phi) is 2.18. The highest BCUT2D eigenvalue weighted by atomic mass is 16.5. The summed E-state index contributed by atoms with van der Waals surface area (Å²) in [6, 6.07) is 5.65. The van der Waals surface area contributed by atoms with Crippen molar-refractivity contribution in [2.75, 3.05) is 7.11 Å². The molecule has 2 heterocycles. The third-order valence-electron chi connectivity index (χ3n) is 2.07. The Morgan fingerprint density at radius 3 is 3.21 bits per heavy atom. The number of aromatic nitrogens is 2. The Morgan fingerprint density at radius 1 is 1.57 bits per heavy atom. The predicted molar refractivity (Wildman–Crippen MR) is 50.9 cm³/mol. The van der Waals surface area contributed by atoms with Crippen LogP contribution in [0.4, 0.5) is 0 Å². The van der Waals surface area contributed by atoms with Gasteiger partial charge in [0, 0.05) is 18.1 Å². The fourth-order valence-electron chi connectivity index (χ4n) is 1.37. The molecule has 4 heteroatoms. The van der Waals surface area contributed by atoms with Gasteiger partial charge in [0.2, 0.25) is 0 Å². The number of methoxy groups -OCH3 is 1. The number of hydrogen-bond donors (Lipinski definition) is 0. The number of ether oxygens (including phenoxy) is 1. The van der Waals surface area contributed by atoms with E-state index in [1.807, 2.05) is 28.8 Å². The van der Waals surface area contributed by atoms with E-state index in [1.54, 1.807) is 6.20 Å². The van der Waals surface area contributed by atoms with Gasteiger partial charge in [0.05, 0.1) is 13.5 Å². The van der Waals surface area contributed by atoms with Gasteiger partial charge in [-0.2, -0.15) is 0 Å². The topological polar surface area (TPSA) is 43.6 Å². The van der Waals surface area contributed by atoms with Crippen molar-refractivity contribution in [1.82, 2.24) is 9.38 Å².